The van der Waals surface area contributed by atoms with Crippen LogP contribution in [0.4, 0.5) is 0 Å². The molecule has 9 heteroatoms. The van der Waals surface area contributed by atoms with Gasteiger partial charge in [0.1, 0.15) is 0 Å². The molecule has 3 aromatic rings. The number of sulfonamides is 1. The molecule has 2 heterocycles. The maximum Gasteiger partial charge on any atom is 0.240 e. The summed E-state index contributed by atoms with van der Waals surface area (Å²) in [6.07, 6.45) is 0.346. The van der Waals surface area contributed by atoms with Crippen molar-refractivity contribution < 1.29 is 12.9 Å². The number of nitrogens with one attached hydrogen (secondary N) is 1. The van der Waals surface area contributed by atoms with Crippen molar-refractivity contribution in [2.24, 2.45) is 0 Å². The maximum absolute atomic E-state index is 12.2. The highest BCUT2D eigenvalue weighted by Crippen LogP contribution is 2.21. The quantitative estimate of drug-likeness (QED) is 0.764. The third-order valence-corrected chi connectivity index (χ3v) is 5.08. The van der Waals surface area contributed by atoms with Crippen LogP contribution in [0, 0.1) is 6.92 Å². The van der Waals surface area contributed by atoms with Crippen molar-refractivity contribution in [2.75, 3.05) is 6.54 Å². The van der Waals surface area contributed by atoms with E-state index in [0.717, 1.165) is 4.70 Å². The molecule has 0 saturated carbocycles. The summed E-state index contributed by atoms with van der Waals surface area (Å²) in [5, 5.41) is 3.65. The van der Waals surface area contributed by atoms with Crippen LogP contribution in [-0.4, -0.2) is 30.1 Å². The largest absolute Gasteiger partial charge is 0.339 e. The molecule has 0 unspecified atom stereocenters. The normalized spacial score (nSPS) is 12.0. The number of aromatic nitrogens is 3. The van der Waals surface area contributed by atoms with E-state index < -0.39 is 10.0 Å². The number of rotatable bonds is 5. The van der Waals surface area contributed by atoms with Crippen LogP contribution in [0.1, 0.15) is 11.7 Å². The monoisotopic (exact) mass is 324 g/mol. The predicted molar refractivity (Wildman–Crippen MR) is 77.5 cm³/mol. The lowest BCUT2D eigenvalue weighted by Crippen LogP contribution is -2.26. The van der Waals surface area contributed by atoms with Crippen LogP contribution < -0.4 is 4.72 Å². The number of benzene rings is 1. The van der Waals surface area contributed by atoms with Crippen LogP contribution in [0.25, 0.3) is 10.2 Å². The first-order valence-electron chi connectivity index (χ1n) is 6.17. The molecular formula is C12H12N4O3S2. The summed E-state index contributed by atoms with van der Waals surface area (Å²) >= 11 is 1.47. The second kappa shape index (κ2) is 5.51. The highest BCUT2D eigenvalue weighted by atomic mass is 32.2. The van der Waals surface area contributed by atoms with Crippen LogP contribution in [0.3, 0.4) is 0 Å². The Bertz CT molecular complexity index is 869. The molecule has 0 aliphatic rings. The van der Waals surface area contributed by atoms with Gasteiger partial charge in [0.15, 0.2) is 5.82 Å². The number of fused-ring (bicyclic) bond motifs is 1. The van der Waals surface area contributed by atoms with Crippen molar-refractivity contribution in [3.8, 4) is 0 Å². The van der Waals surface area contributed by atoms with E-state index in [9.17, 15) is 8.42 Å². The lowest BCUT2D eigenvalue weighted by molar-refractivity contribution is 0.375. The van der Waals surface area contributed by atoms with Gasteiger partial charge in [0.05, 0.1) is 20.6 Å². The van der Waals surface area contributed by atoms with E-state index in [4.69, 9.17) is 4.52 Å². The molecule has 0 saturated heterocycles. The summed E-state index contributed by atoms with van der Waals surface area (Å²) in [7, 11) is -3.57. The third kappa shape index (κ3) is 3.09. The molecule has 0 fully saturated rings. The van der Waals surface area contributed by atoms with Crippen LogP contribution >= 0.6 is 11.3 Å². The van der Waals surface area contributed by atoms with Gasteiger partial charge in [0, 0.05) is 13.0 Å². The molecule has 0 amide bonds. The smallest absolute Gasteiger partial charge is 0.240 e. The van der Waals surface area contributed by atoms with E-state index in [0.29, 0.717) is 23.7 Å². The van der Waals surface area contributed by atoms with Crippen molar-refractivity contribution in [3.63, 3.8) is 0 Å². The number of thiazole rings is 1. The van der Waals surface area contributed by atoms with Gasteiger partial charge in [-0.05, 0) is 25.1 Å². The highest BCUT2D eigenvalue weighted by Gasteiger charge is 2.15. The van der Waals surface area contributed by atoms with Crippen LogP contribution in [0.15, 0.2) is 33.1 Å². The molecule has 0 aliphatic heterocycles. The molecule has 7 nitrogen and oxygen atoms in total. The first-order valence-corrected chi connectivity index (χ1v) is 8.53. The molecule has 0 aliphatic carbocycles. The van der Waals surface area contributed by atoms with E-state index in [1.807, 2.05) is 0 Å². The molecule has 110 valence electrons. The van der Waals surface area contributed by atoms with Gasteiger partial charge in [-0.2, -0.15) is 4.98 Å². The molecule has 21 heavy (non-hydrogen) atoms. The second-order valence-electron chi connectivity index (χ2n) is 4.36. The fourth-order valence-corrected chi connectivity index (χ4v) is 3.53. The summed E-state index contributed by atoms with van der Waals surface area (Å²) < 4.78 is 32.8. The van der Waals surface area contributed by atoms with Crippen LogP contribution in [-0.2, 0) is 16.4 Å². The summed E-state index contributed by atoms with van der Waals surface area (Å²) in [4.78, 5) is 8.33. The Balaban J connectivity index is 1.70. The Morgan fingerprint density at radius 2 is 2.24 bits per heavy atom. The topological polar surface area (TPSA) is 98.0 Å². The molecule has 1 aromatic carbocycles. The lowest BCUT2D eigenvalue weighted by Gasteiger charge is -2.05. The molecule has 2 aromatic heterocycles. The molecule has 0 radical (unpaired) electrons. The Kier molecular flexibility index (Phi) is 3.70. The Morgan fingerprint density at radius 3 is 3.00 bits per heavy atom. The molecular weight excluding hydrogens is 312 g/mol. The van der Waals surface area contributed by atoms with E-state index in [1.54, 1.807) is 30.6 Å². The van der Waals surface area contributed by atoms with E-state index in [1.165, 1.54) is 11.3 Å². The fourth-order valence-electron chi connectivity index (χ4n) is 1.82. The summed E-state index contributed by atoms with van der Waals surface area (Å²) in [5.74, 6) is 0.937. The molecule has 1 N–H and O–H groups in total. The highest BCUT2D eigenvalue weighted by molar-refractivity contribution is 7.89. The first-order chi connectivity index (χ1) is 10.0. The van der Waals surface area contributed by atoms with Crippen molar-refractivity contribution >= 4 is 31.6 Å². The fraction of sp³-hybridized carbons (Fsp3) is 0.250. The number of hydrogen-bond acceptors (Lipinski definition) is 7. The van der Waals surface area contributed by atoms with Gasteiger partial charge in [-0.3, -0.25) is 0 Å². The number of nitrogens with zero attached hydrogens (tertiary/aromatic N) is 3. The standard InChI is InChI=1S/C12H12N4O3S2/c1-8-15-12(19-16-8)4-5-14-21(17,18)9-2-3-11-10(6-9)13-7-20-11/h2-3,6-7,14H,4-5H2,1H3. The lowest BCUT2D eigenvalue weighted by atomic mass is 10.3. The van der Waals surface area contributed by atoms with Gasteiger partial charge in [0.2, 0.25) is 15.9 Å². The third-order valence-electron chi connectivity index (χ3n) is 2.81. The van der Waals surface area contributed by atoms with Gasteiger partial charge in [0.25, 0.3) is 0 Å². The van der Waals surface area contributed by atoms with E-state index >= 15 is 0 Å². The zero-order chi connectivity index (χ0) is 14.9. The second-order valence-corrected chi connectivity index (χ2v) is 7.02. The van der Waals surface area contributed by atoms with Crippen LogP contribution in [0.2, 0.25) is 0 Å². The first kappa shape index (κ1) is 14.1. The van der Waals surface area contributed by atoms with Gasteiger partial charge < -0.3 is 4.52 Å². The van der Waals surface area contributed by atoms with Crippen molar-refractivity contribution in [2.45, 2.75) is 18.2 Å². The Hall–Kier alpha value is -1.84. The zero-order valence-electron chi connectivity index (χ0n) is 11.1. The SMILES string of the molecule is Cc1noc(CCNS(=O)(=O)c2ccc3scnc3c2)n1. The number of hydrogen-bond donors (Lipinski definition) is 1. The number of aryl methyl sites for hydroxylation is 1. The van der Waals surface area contributed by atoms with Crippen molar-refractivity contribution in [3.05, 3.63) is 35.4 Å². The van der Waals surface area contributed by atoms with E-state index in [-0.39, 0.29) is 11.4 Å². The minimum atomic E-state index is -3.57. The zero-order valence-corrected chi connectivity index (χ0v) is 12.7. The predicted octanol–water partition coefficient (Wildman–Crippen LogP) is 1.51. The average Bonchev–Trinajstić information content (AvgIpc) is 3.06. The van der Waals surface area contributed by atoms with Gasteiger partial charge in [-0.15, -0.1) is 11.3 Å². The van der Waals surface area contributed by atoms with Crippen LogP contribution in [0.5, 0.6) is 0 Å². The molecule has 0 bridgehead atoms. The summed E-state index contributed by atoms with van der Waals surface area (Å²) in [6, 6.07) is 4.88. The minimum absolute atomic E-state index is 0.194. The molecule has 0 atom stereocenters. The Morgan fingerprint density at radius 1 is 1.38 bits per heavy atom. The average molecular weight is 324 g/mol. The molecule has 0 spiro atoms. The molecule has 3 rings (SSSR count). The van der Waals surface area contributed by atoms with Gasteiger partial charge in [-0.25, -0.2) is 18.1 Å². The van der Waals surface area contributed by atoms with Gasteiger partial charge >= 0.3 is 0 Å². The van der Waals surface area contributed by atoms with Gasteiger partial charge in [-0.1, -0.05) is 5.16 Å². The van der Waals surface area contributed by atoms with Crippen molar-refractivity contribution in [1.29, 1.82) is 0 Å². The Labute approximate surface area is 125 Å². The summed E-state index contributed by atoms with van der Waals surface area (Å²) in [6.45, 7) is 1.90. The van der Waals surface area contributed by atoms with E-state index in [2.05, 4.69) is 19.8 Å². The summed E-state index contributed by atoms with van der Waals surface area (Å²) in [5.41, 5.74) is 2.36. The minimum Gasteiger partial charge on any atom is -0.339 e. The maximum atomic E-state index is 12.2. The van der Waals surface area contributed by atoms with Crippen molar-refractivity contribution in [1.82, 2.24) is 19.8 Å².